The lowest BCUT2D eigenvalue weighted by atomic mass is 9.94. The average molecular weight is 279 g/mol. The van der Waals surface area contributed by atoms with Gasteiger partial charge in [-0.15, -0.1) is 0 Å². The molecule has 3 nitrogen and oxygen atoms in total. The van der Waals surface area contributed by atoms with Gasteiger partial charge in [0.25, 0.3) is 0 Å². The number of nitrogens with zero attached hydrogens (tertiary/aromatic N) is 1. The second-order valence-corrected chi connectivity index (χ2v) is 5.90. The highest BCUT2D eigenvalue weighted by Crippen LogP contribution is 2.32. The van der Waals surface area contributed by atoms with Crippen molar-refractivity contribution in [1.29, 1.82) is 0 Å². The number of nitrogens with one attached hydrogen (secondary N) is 1. The molecule has 3 rings (SSSR count). The lowest BCUT2D eigenvalue weighted by Gasteiger charge is -2.25. The van der Waals surface area contributed by atoms with E-state index in [0.717, 1.165) is 44.6 Å². The van der Waals surface area contributed by atoms with E-state index in [1.165, 1.54) is 5.56 Å². The Kier molecular flexibility index (Phi) is 3.76. The number of hydrogen-bond donors (Lipinski definition) is 1. The normalized spacial score (nSPS) is 19.5. The molecule has 19 heavy (non-hydrogen) atoms. The number of piperidine rings is 1. The van der Waals surface area contributed by atoms with Crippen molar-refractivity contribution in [2.75, 3.05) is 24.5 Å². The van der Waals surface area contributed by atoms with Gasteiger partial charge in [0, 0.05) is 23.7 Å². The van der Waals surface area contributed by atoms with Crippen LogP contribution >= 0.6 is 11.6 Å². The van der Waals surface area contributed by atoms with Crippen LogP contribution in [0.5, 0.6) is 0 Å². The van der Waals surface area contributed by atoms with Crippen LogP contribution in [-0.2, 0) is 11.2 Å². The molecule has 1 aromatic rings. The molecule has 0 saturated carbocycles. The zero-order chi connectivity index (χ0) is 13.2. The Bertz CT molecular complexity index is 483. The van der Waals surface area contributed by atoms with Crippen LogP contribution in [-0.4, -0.2) is 25.5 Å². The zero-order valence-corrected chi connectivity index (χ0v) is 11.7. The number of rotatable bonds is 2. The molecule has 0 unspecified atom stereocenters. The largest absolute Gasteiger partial charge is 0.317 e. The Labute approximate surface area is 118 Å². The molecule has 2 aliphatic heterocycles. The summed E-state index contributed by atoms with van der Waals surface area (Å²) >= 11 is 6.04. The predicted octanol–water partition coefficient (Wildman–Crippen LogP) is 2.62. The molecule has 0 atom stereocenters. The Hall–Kier alpha value is -1.06. The molecule has 102 valence electrons. The molecule has 0 spiro atoms. The second kappa shape index (κ2) is 5.51. The number of hydrogen-bond acceptors (Lipinski definition) is 2. The molecular weight excluding hydrogens is 260 g/mol. The van der Waals surface area contributed by atoms with Gasteiger partial charge in [0.15, 0.2) is 0 Å². The van der Waals surface area contributed by atoms with Crippen molar-refractivity contribution >= 4 is 23.2 Å². The smallest absolute Gasteiger partial charge is 0.227 e. The average Bonchev–Trinajstić information content (AvgIpc) is 2.82. The van der Waals surface area contributed by atoms with Crippen molar-refractivity contribution in [2.45, 2.75) is 25.7 Å². The highest BCUT2D eigenvalue weighted by Gasteiger charge is 2.27. The van der Waals surface area contributed by atoms with Crippen molar-refractivity contribution in [3.8, 4) is 0 Å². The molecule has 2 aliphatic rings. The van der Waals surface area contributed by atoms with Gasteiger partial charge in [0.1, 0.15) is 0 Å². The predicted molar refractivity (Wildman–Crippen MR) is 77.7 cm³/mol. The first-order valence-electron chi connectivity index (χ1n) is 7.03. The van der Waals surface area contributed by atoms with E-state index in [9.17, 15) is 4.79 Å². The number of benzene rings is 1. The minimum absolute atomic E-state index is 0.257. The van der Waals surface area contributed by atoms with E-state index in [-0.39, 0.29) is 5.91 Å². The van der Waals surface area contributed by atoms with Crippen LogP contribution in [0.2, 0.25) is 5.02 Å². The number of amides is 1. The fraction of sp³-hybridized carbons (Fsp3) is 0.533. The number of anilines is 1. The number of carbonyl (C=O) groups is 1. The van der Waals surface area contributed by atoms with Crippen LogP contribution in [0.4, 0.5) is 5.69 Å². The van der Waals surface area contributed by atoms with Crippen molar-refractivity contribution in [1.82, 2.24) is 5.32 Å². The van der Waals surface area contributed by atoms with Crippen LogP contribution in [0.15, 0.2) is 18.2 Å². The Morgan fingerprint density at radius 2 is 2.16 bits per heavy atom. The fourth-order valence-electron chi connectivity index (χ4n) is 3.05. The Balaban J connectivity index is 1.70. The van der Waals surface area contributed by atoms with E-state index in [0.29, 0.717) is 17.4 Å². The first kappa shape index (κ1) is 12.9. The van der Waals surface area contributed by atoms with Gasteiger partial charge in [-0.05, 0) is 56.0 Å². The highest BCUT2D eigenvalue weighted by molar-refractivity contribution is 6.31. The SMILES string of the molecule is O=C(CC1CCNCC1)N1CCc2ccc(Cl)cc21. The van der Waals surface area contributed by atoms with Gasteiger partial charge in [0.2, 0.25) is 5.91 Å². The van der Waals surface area contributed by atoms with E-state index in [1.54, 1.807) is 0 Å². The number of fused-ring (bicyclic) bond motifs is 1. The van der Waals surface area contributed by atoms with E-state index < -0.39 is 0 Å². The van der Waals surface area contributed by atoms with Gasteiger partial charge >= 0.3 is 0 Å². The third-order valence-corrected chi connectivity index (χ3v) is 4.40. The van der Waals surface area contributed by atoms with Gasteiger partial charge < -0.3 is 10.2 Å². The molecule has 0 aliphatic carbocycles. The summed E-state index contributed by atoms with van der Waals surface area (Å²) in [5, 5.41) is 4.05. The monoisotopic (exact) mass is 278 g/mol. The molecule has 0 bridgehead atoms. The van der Waals surface area contributed by atoms with Crippen LogP contribution in [0.25, 0.3) is 0 Å². The van der Waals surface area contributed by atoms with Gasteiger partial charge in [-0.2, -0.15) is 0 Å². The van der Waals surface area contributed by atoms with Crippen molar-refractivity contribution in [2.24, 2.45) is 5.92 Å². The summed E-state index contributed by atoms with van der Waals surface area (Å²) in [5.41, 5.74) is 2.26. The summed E-state index contributed by atoms with van der Waals surface area (Å²) in [6.07, 6.45) is 3.85. The summed E-state index contributed by atoms with van der Waals surface area (Å²) in [4.78, 5) is 14.4. The van der Waals surface area contributed by atoms with Crippen LogP contribution in [0, 0.1) is 5.92 Å². The van der Waals surface area contributed by atoms with E-state index >= 15 is 0 Å². The third kappa shape index (κ3) is 2.77. The van der Waals surface area contributed by atoms with Gasteiger partial charge in [-0.3, -0.25) is 4.79 Å². The molecule has 0 radical (unpaired) electrons. The molecule has 1 aromatic carbocycles. The molecule has 1 saturated heterocycles. The van der Waals surface area contributed by atoms with E-state index in [2.05, 4.69) is 5.32 Å². The van der Waals surface area contributed by atoms with Gasteiger partial charge in [-0.25, -0.2) is 0 Å². The Morgan fingerprint density at radius 3 is 2.95 bits per heavy atom. The van der Waals surface area contributed by atoms with Crippen LogP contribution < -0.4 is 10.2 Å². The molecule has 1 amide bonds. The number of halogens is 1. The molecule has 2 heterocycles. The first-order chi connectivity index (χ1) is 9.24. The van der Waals surface area contributed by atoms with Crippen molar-refractivity contribution in [3.63, 3.8) is 0 Å². The summed E-state index contributed by atoms with van der Waals surface area (Å²) in [7, 11) is 0. The molecule has 4 heteroatoms. The summed E-state index contributed by atoms with van der Waals surface area (Å²) in [6, 6.07) is 5.86. The van der Waals surface area contributed by atoms with Gasteiger partial charge in [0.05, 0.1) is 0 Å². The quantitative estimate of drug-likeness (QED) is 0.902. The standard InChI is InChI=1S/C15H19ClN2O/c16-13-2-1-12-5-8-18(14(12)10-13)15(19)9-11-3-6-17-7-4-11/h1-2,10-11,17H,3-9H2. The van der Waals surface area contributed by atoms with E-state index in [4.69, 9.17) is 11.6 Å². The number of carbonyl (C=O) groups excluding carboxylic acids is 1. The van der Waals surface area contributed by atoms with Crippen molar-refractivity contribution < 1.29 is 4.79 Å². The summed E-state index contributed by atoms with van der Waals surface area (Å²) in [6.45, 7) is 2.89. The maximum Gasteiger partial charge on any atom is 0.227 e. The first-order valence-corrected chi connectivity index (χ1v) is 7.41. The molecule has 0 aromatic heterocycles. The highest BCUT2D eigenvalue weighted by atomic mass is 35.5. The summed E-state index contributed by atoms with van der Waals surface area (Å²) < 4.78 is 0. The second-order valence-electron chi connectivity index (χ2n) is 5.47. The van der Waals surface area contributed by atoms with Crippen molar-refractivity contribution in [3.05, 3.63) is 28.8 Å². The summed E-state index contributed by atoms with van der Waals surface area (Å²) in [5.74, 6) is 0.796. The molecular formula is C15H19ClN2O. The topological polar surface area (TPSA) is 32.3 Å². The van der Waals surface area contributed by atoms with Crippen LogP contribution in [0.1, 0.15) is 24.8 Å². The maximum absolute atomic E-state index is 12.5. The minimum Gasteiger partial charge on any atom is -0.317 e. The molecule has 1 fully saturated rings. The Morgan fingerprint density at radius 1 is 1.37 bits per heavy atom. The third-order valence-electron chi connectivity index (χ3n) is 4.17. The fourth-order valence-corrected chi connectivity index (χ4v) is 3.22. The maximum atomic E-state index is 12.5. The minimum atomic E-state index is 0.257. The lowest BCUT2D eigenvalue weighted by Crippen LogP contribution is -2.34. The van der Waals surface area contributed by atoms with E-state index in [1.807, 2.05) is 23.1 Å². The zero-order valence-electron chi connectivity index (χ0n) is 11.0. The lowest BCUT2D eigenvalue weighted by molar-refractivity contribution is -0.119. The van der Waals surface area contributed by atoms with Gasteiger partial charge in [-0.1, -0.05) is 17.7 Å². The van der Waals surface area contributed by atoms with Crippen LogP contribution in [0.3, 0.4) is 0 Å². The molecule has 1 N–H and O–H groups in total.